The average Bonchev–Trinajstić information content (AvgIpc) is 2.79. The molecule has 1 heterocycles. The second kappa shape index (κ2) is 5.56. The molecule has 17 heavy (non-hydrogen) atoms. The standard InChI is InChI=1S/C16H28S/c1-7-11-16(6,9-3)13-10-12-17-14(13)15(4,5)8-2/h10,12H,7-9,11H2,1-6H3. The largest absolute Gasteiger partial charge is 0.148 e. The van der Waals surface area contributed by atoms with Crippen LogP contribution in [0.2, 0.25) is 0 Å². The smallest absolute Gasteiger partial charge is 0.0139 e. The predicted octanol–water partition coefficient (Wildman–Crippen LogP) is 5.90. The highest BCUT2D eigenvalue weighted by Gasteiger charge is 2.32. The van der Waals surface area contributed by atoms with Crippen molar-refractivity contribution in [1.82, 2.24) is 0 Å². The van der Waals surface area contributed by atoms with Gasteiger partial charge in [0, 0.05) is 4.88 Å². The van der Waals surface area contributed by atoms with Gasteiger partial charge in [-0.05, 0) is 47.1 Å². The first kappa shape index (κ1) is 14.8. The second-order valence-electron chi connectivity index (χ2n) is 6.07. The van der Waals surface area contributed by atoms with E-state index < -0.39 is 0 Å². The van der Waals surface area contributed by atoms with Gasteiger partial charge in [0.25, 0.3) is 0 Å². The molecule has 0 aromatic carbocycles. The monoisotopic (exact) mass is 252 g/mol. The third-order valence-corrected chi connectivity index (χ3v) is 5.68. The van der Waals surface area contributed by atoms with E-state index in [0.29, 0.717) is 10.8 Å². The van der Waals surface area contributed by atoms with Gasteiger partial charge in [-0.3, -0.25) is 0 Å². The summed E-state index contributed by atoms with van der Waals surface area (Å²) in [5, 5.41) is 2.28. The summed E-state index contributed by atoms with van der Waals surface area (Å²) in [5.41, 5.74) is 2.31. The molecule has 0 saturated carbocycles. The molecule has 0 amide bonds. The summed E-state index contributed by atoms with van der Waals surface area (Å²) in [4.78, 5) is 1.61. The number of thiophene rings is 1. The zero-order valence-electron chi connectivity index (χ0n) is 12.4. The van der Waals surface area contributed by atoms with E-state index in [1.54, 1.807) is 10.4 Å². The fourth-order valence-electron chi connectivity index (χ4n) is 2.52. The topological polar surface area (TPSA) is 0 Å². The Balaban J connectivity index is 3.18. The highest BCUT2D eigenvalue weighted by molar-refractivity contribution is 7.10. The summed E-state index contributed by atoms with van der Waals surface area (Å²) >= 11 is 1.95. The molecule has 0 nitrogen and oxygen atoms in total. The third kappa shape index (κ3) is 2.93. The normalized spacial score (nSPS) is 15.9. The van der Waals surface area contributed by atoms with Crippen LogP contribution in [0.3, 0.4) is 0 Å². The summed E-state index contributed by atoms with van der Waals surface area (Å²) in [5.74, 6) is 0. The first-order chi connectivity index (χ1) is 7.91. The summed E-state index contributed by atoms with van der Waals surface area (Å²) < 4.78 is 0. The van der Waals surface area contributed by atoms with Gasteiger partial charge in [-0.2, -0.15) is 0 Å². The molecule has 0 aliphatic rings. The van der Waals surface area contributed by atoms with Crippen LogP contribution in [0.15, 0.2) is 11.4 Å². The van der Waals surface area contributed by atoms with Gasteiger partial charge in [0.2, 0.25) is 0 Å². The quantitative estimate of drug-likeness (QED) is 0.591. The Morgan fingerprint density at radius 1 is 1.06 bits per heavy atom. The third-order valence-electron chi connectivity index (χ3n) is 4.40. The Labute approximate surface area is 111 Å². The van der Waals surface area contributed by atoms with Crippen LogP contribution in [-0.4, -0.2) is 0 Å². The molecule has 0 radical (unpaired) electrons. The molecule has 1 rings (SSSR count). The minimum Gasteiger partial charge on any atom is -0.148 e. The number of hydrogen-bond acceptors (Lipinski definition) is 1. The highest BCUT2D eigenvalue weighted by atomic mass is 32.1. The van der Waals surface area contributed by atoms with Gasteiger partial charge in [0.1, 0.15) is 0 Å². The van der Waals surface area contributed by atoms with Crippen molar-refractivity contribution in [3.63, 3.8) is 0 Å². The second-order valence-corrected chi connectivity index (χ2v) is 6.98. The number of rotatable bonds is 6. The van der Waals surface area contributed by atoms with Crippen LogP contribution in [0.1, 0.15) is 77.7 Å². The highest BCUT2D eigenvalue weighted by Crippen LogP contribution is 2.43. The summed E-state index contributed by atoms with van der Waals surface area (Å²) in [6.07, 6.45) is 5.02. The van der Waals surface area contributed by atoms with Crippen LogP contribution < -0.4 is 0 Å². The molecule has 0 spiro atoms. The number of hydrogen-bond donors (Lipinski definition) is 0. The Morgan fingerprint density at radius 2 is 1.71 bits per heavy atom. The molecular formula is C16H28S. The lowest BCUT2D eigenvalue weighted by molar-refractivity contribution is 0.400. The van der Waals surface area contributed by atoms with Crippen molar-refractivity contribution in [2.24, 2.45) is 0 Å². The summed E-state index contributed by atoms with van der Waals surface area (Å²) in [6, 6.07) is 2.37. The van der Waals surface area contributed by atoms with Crippen LogP contribution in [0, 0.1) is 0 Å². The fraction of sp³-hybridized carbons (Fsp3) is 0.750. The fourth-order valence-corrected chi connectivity index (χ4v) is 3.77. The first-order valence-corrected chi connectivity index (χ1v) is 7.87. The van der Waals surface area contributed by atoms with E-state index in [2.05, 4.69) is 53.0 Å². The van der Waals surface area contributed by atoms with Crippen LogP contribution >= 0.6 is 11.3 Å². The molecule has 0 saturated heterocycles. The van der Waals surface area contributed by atoms with E-state index >= 15 is 0 Å². The van der Waals surface area contributed by atoms with Crippen molar-refractivity contribution in [2.45, 2.75) is 78.1 Å². The van der Waals surface area contributed by atoms with Crippen LogP contribution in [-0.2, 0) is 10.8 Å². The van der Waals surface area contributed by atoms with Gasteiger partial charge >= 0.3 is 0 Å². The maximum atomic E-state index is 2.44. The van der Waals surface area contributed by atoms with Gasteiger partial charge < -0.3 is 0 Å². The zero-order chi connectivity index (χ0) is 13.1. The molecule has 1 aromatic heterocycles. The van der Waals surface area contributed by atoms with Gasteiger partial charge in [0.15, 0.2) is 0 Å². The molecule has 0 aliphatic carbocycles. The lowest BCUT2D eigenvalue weighted by Gasteiger charge is -2.33. The van der Waals surface area contributed by atoms with Gasteiger partial charge in [-0.15, -0.1) is 11.3 Å². The van der Waals surface area contributed by atoms with Crippen LogP contribution in [0.4, 0.5) is 0 Å². The van der Waals surface area contributed by atoms with E-state index in [9.17, 15) is 0 Å². The molecule has 1 aromatic rings. The van der Waals surface area contributed by atoms with Crippen LogP contribution in [0.5, 0.6) is 0 Å². The minimum atomic E-state index is 0.327. The summed E-state index contributed by atoms with van der Waals surface area (Å²) in [6.45, 7) is 14.1. The molecule has 0 aliphatic heterocycles. The Kier molecular flexibility index (Phi) is 4.83. The van der Waals surface area contributed by atoms with E-state index in [-0.39, 0.29) is 0 Å². The lowest BCUT2D eigenvalue weighted by Crippen LogP contribution is -2.25. The van der Waals surface area contributed by atoms with Crippen molar-refractivity contribution in [2.75, 3.05) is 0 Å². The van der Waals surface area contributed by atoms with Gasteiger partial charge in [0.05, 0.1) is 0 Å². The molecule has 0 fully saturated rings. The molecule has 1 unspecified atom stereocenters. The molecule has 98 valence electrons. The molecule has 0 bridgehead atoms. The Bertz CT molecular complexity index is 348. The first-order valence-electron chi connectivity index (χ1n) is 6.99. The Morgan fingerprint density at radius 3 is 2.18 bits per heavy atom. The lowest BCUT2D eigenvalue weighted by atomic mass is 9.73. The maximum absolute atomic E-state index is 2.44. The van der Waals surface area contributed by atoms with E-state index in [0.717, 1.165) is 0 Å². The summed E-state index contributed by atoms with van der Waals surface area (Å²) in [7, 11) is 0. The molecule has 1 atom stereocenters. The SMILES string of the molecule is CCCC(C)(CC)c1ccsc1C(C)(C)CC. The van der Waals surface area contributed by atoms with E-state index in [1.807, 2.05) is 11.3 Å². The van der Waals surface area contributed by atoms with Crippen molar-refractivity contribution < 1.29 is 0 Å². The van der Waals surface area contributed by atoms with Gasteiger partial charge in [-0.25, -0.2) is 0 Å². The van der Waals surface area contributed by atoms with Crippen molar-refractivity contribution in [1.29, 1.82) is 0 Å². The van der Waals surface area contributed by atoms with Gasteiger partial charge in [-0.1, -0.05) is 48.0 Å². The molecule has 0 N–H and O–H groups in total. The minimum absolute atomic E-state index is 0.327. The predicted molar refractivity (Wildman–Crippen MR) is 80.2 cm³/mol. The molecular weight excluding hydrogens is 224 g/mol. The van der Waals surface area contributed by atoms with Crippen molar-refractivity contribution >= 4 is 11.3 Å². The Hall–Kier alpha value is -0.300. The molecule has 1 heteroatoms. The van der Waals surface area contributed by atoms with E-state index in [1.165, 1.54) is 25.7 Å². The van der Waals surface area contributed by atoms with Crippen molar-refractivity contribution in [3.05, 3.63) is 21.9 Å². The van der Waals surface area contributed by atoms with Crippen molar-refractivity contribution in [3.8, 4) is 0 Å². The van der Waals surface area contributed by atoms with E-state index in [4.69, 9.17) is 0 Å². The van der Waals surface area contributed by atoms with Crippen LogP contribution in [0.25, 0.3) is 0 Å². The average molecular weight is 252 g/mol. The maximum Gasteiger partial charge on any atom is 0.0139 e. The zero-order valence-corrected chi connectivity index (χ0v) is 13.2.